The van der Waals surface area contributed by atoms with Crippen LogP contribution in [0.15, 0.2) is 6.33 Å². The monoisotopic (exact) mass is 214 g/mol. The minimum absolute atomic E-state index is 0.770. The number of nitrogens with zero attached hydrogens (tertiary/aromatic N) is 3. The highest BCUT2D eigenvalue weighted by atomic mass is 32.2. The summed E-state index contributed by atoms with van der Waals surface area (Å²) >= 11 is 1.87. The summed E-state index contributed by atoms with van der Waals surface area (Å²) in [5.74, 6) is 2.07. The fourth-order valence-electron chi connectivity index (χ4n) is 1.13. The number of hydrogen-bond donors (Lipinski definition) is 1. The molecule has 5 heteroatoms. The number of rotatable bonds is 7. The van der Waals surface area contributed by atoms with Crippen molar-refractivity contribution in [3.05, 3.63) is 12.2 Å². The minimum Gasteiger partial charge on any atom is -0.310 e. The molecule has 1 N–H and O–H groups in total. The molecule has 1 aromatic heterocycles. The second-order valence-corrected chi connectivity index (χ2v) is 4.04. The molecule has 0 amide bonds. The first-order valence-electron chi connectivity index (χ1n) is 4.94. The Morgan fingerprint density at radius 1 is 1.57 bits per heavy atom. The van der Waals surface area contributed by atoms with Gasteiger partial charge < -0.3 is 5.32 Å². The molecule has 80 valence electrons. The molecule has 0 aromatic carbocycles. The number of aromatic nitrogens is 3. The van der Waals surface area contributed by atoms with Crippen LogP contribution in [-0.4, -0.2) is 33.3 Å². The molecule has 1 aromatic rings. The smallest absolute Gasteiger partial charge is 0.164 e. The Balaban J connectivity index is 2.27. The van der Waals surface area contributed by atoms with E-state index in [1.807, 2.05) is 22.8 Å². The molecule has 0 spiro atoms. The van der Waals surface area contributed by atoms with Gasteiger partial charge >= 0.3 is 0 Å². The van der Waals surface area contributed by atoms with Gasteiger partial charge in [0, 0.05) is 6.54 Å². The van der Waals surface area contributed by atoms with E-state index in [9.17, 15) is 0 Å². The second kappa shape index (κ2) is 6.84. The largest absolute Gasteiger partial charge is 0.310 e. The first kappa shape index (κ1) is 11.5. The van der Waals surface area contributed by atoms with E-state index < -0.39 is 0 Å². The van der Waals surface area contributed by atoms with Gasteiger partial charge in [-0.3, -0.25) is 4.68 Å². The molecule has 1 heterocycles. The predicted molar refractivity (Wildman–Crippen MR) is 60.4 cm³/mol. The van der Waals surface area contributed by atoms with Crippen molar-refractivity contribution in [1.29, 1.82) is 0 Å². The molecule has 0 saturated carbocycles. The summed E-state index contributed by atoms with van der Waals surface area (Å²) < 4.78 is 1.92. The zero-order chi connectivity index (χ0) is 10.2. The molecule has 0 radical (unpaired) electrons. The van der Waals surface area contributed by atoms with Crippen molar-refractivity contribution in [2.75, 3.05) is 18.6 Å². The normalized spacial score (nSPS) is 10.7. The zero-order valence-electron chi connectivity index (χ0n) is 8.86. The van der Waals surface area contributed by atoms with E-state index >= 15 is 0 Å². The molecule has 0 saturated heterocycles. The molecule has 0 aliphatic heterocycles. The van der Waals surface area contributed by atoms with Crippen molar-refractivity contribution in [2.24, 2.45) is 0 Å². The van der Waals surface area contributed by atoms with E-state index in [0.29, 0.717) is 0 Å². The van der Waals surface area contributed by atoms with Crippen molar-refractivity contribution in [3.63, 3.8) is 0 Å². The average molecular weight is 214 g/mol. The number of nitrogens with one attached hydrogen (secondary N) is 1. The van der Waals surface area contributed by atoms with E-state index in [1.54, 1.807) is 0 Å². The highest BCUT2D eigenvalue weighted by Crippen LogP contribution is 1.98. The molecule has 1 rings (SSSR count). The van der Waals surface area contributed by atoms with E-state index in [1.165, 1.54) is 5.75 Å². The van der Waals surface area contributed by atoms with Gasteiger partial charge in [0.1, 0.15) is 6.33 Å². The molecule has 0 fully saturated rings. The quantitative estimate of drug-likeness (QED) is 0.691. The van der Waals surface area contributed by atoms with E-state index in [2.05, 4.69) is 28.6 Å². The Hall–Kier alpha value is -0.550. The highest BCUT2D eigenvalue weighted by Gasteiger charge is 1.98. The fourth-order valence-corrected chi connectivity index (χ4v) is 1.55. The molecule has 0 aliphatic rings. The minimum atomic E-state index is 0.770. The molecule has 0 unspecified atom stereocenters. The van der Waals surface area contributed by atoms with Crippen LogP contribution in [-0.2, 0) is 13.1 Å². The third-order valence-electron chi connectivity index (χ3n) is 1.85. The van der Waals surface area contributed by atoms with Gasteiger partial charge in [-0.15, -0.1) is 0 Å². The van der Waals surface area contributed by atoms with Gasteiger partial charge in [0.05, 0.1) is 6.54 Å². The zero-order valence-corrected chi connectivity index (χ0v) is 9.68. The lowest BCUT2D eigenvalue weighted by Gasteiger charge is -1.98. The Bertz CT molecular complexity index is 249. The van der Waals surface area contributed by atoms with E-state index in [-0.39, 0.29) is 0 Å². The number of thioether (sulfide) groups is 1. The Morgan fingerprint density at radius 3 is 3.14 bits per heavy atom. The number of hydrogen-bond acceptors (Lipinski definition) is 4. The van der Waals surface area contributed by atoms with Crippen LogP contribution in [0.25, 0.3) is 0 Å². The van der Waals surface area contributed by atoms with Gasteiger partial charge in [-0.25, -0.2) is 4.98 Å². The van der Waals surface area contributed by atoms with E-state index in [0.717, 1.165) is 31.9 Å². The molecular weight excluding hydrogens is 196 g/mol. The van der Waals surface area contributed by atoms with E-state index in [4.69, 9.17) is 0 Å². The van der Waals surface area contributed by atoms with Gasteiger partial charge in [0.15, 0.2) is 5.82 Å². The van der Waals surface area contributed by atoms with Crippen molar-refractivity contribution < 1.29 is 0 Å². The molecule has 0 atom stereocenters. The summed E-state index contributed by atoms with van der Waals surface area (Å²) in [7, 11) is 0. The first-order valence-corrected chi connectivity index (χ1v) is 6.34. The summed E-state index contributed by atoms with van der Waals surface area (Å²) in [5.41, 5.74) is 0. The SMILES string of the molecule is CCNCc1ncn(CCCSC)n1. The highest BCUT2D eigenvalue weighted by molar-refractivity contribution is 7.98. The average Bonchev–Trinajstić information content (AvgIpc) is 2.63. The Morgan fingerprint density at radius 2 is 2.43 bits per heavy atom. The summed E-state index contributed by atoms with van der Waals surface area (Å²) in [4.78, 5) is 4.21. The number of aryl methyl sites for hydroxylation is 1. The molecule has 14 heavy (non-hydrogen) atoms. The summed E-state index contributed by atoms with van der Waals surface area (Å²) in [6.07, 6.45) is 5.09. The maximum Gasteiger partial charge on any atom is 0.164 e. The topological polar surface area (TPSA) is 42.7 Å². The van der Waals surface area contributed by atoms with Gasteiger partial charge in [0.25, 0.3) is 0 Å². The Labute approximate surface area is 89.5 Å². The van der Waals surface area contributed by atoms with Gasteiger partial charge in [0.2, 0.25) is 0 Å². The fraction of sp³-hybridized carbons (Fsp3) is 0.778. The molecule has 4 nitrogen and oxygen atoms in total. The van der Waals surface area contributed by atoms with Gasteiger partial charge in [-0.2, -0.15) is 16.9 Å². The van der Waals surface area contributed by atoms with Crippen molar-refractivity contribution >= 4 is 11.8 Å². The second-order valence-electron chi connectivity index (χ2n) is 3.05. The van der Waals surface area contributed by atoms with Crippen LogP contribution in [0.2, 0.25) is 0 Å². The van der Waals surface area contributed by atoms with Gasteiger partial charge in [-0.05, 0) is 25.0 Å². The molecule has 0 bridgehead atoms. The summed E-state index contributed by atoms with van der Waals surface area (Å²) in [6.45, 7) is 4.78. The lowest BCUT2D eigenvalue weighted by molar-refractivity contribution is 0.588. The van der Waals surface area contributed by atoms with Crippen LogP contribution in [0.3, 0.4) is 0 Å². The summed E-state index contributed by atoms with van der Waals surface area (Å²) in [5, 5.41) is 7.56. The van der Waals surface area contributed by atoms with Crippen molar-refractivity contribution in [1.82, 2.24) is 20.1 Å². The standard InChI is InChI=1S/C9H18N4S/c1-3-10-7-9-11-8-13(12-9)5-4-6-14-2/h8,10H,3-7H2,1-2H3. The lowest BCUT2D eigenvalue weighted by Crippen LogP contribution is -2.13. The maximum atomic E-state index is 4.35. The Kier molecular flexibility index (Phi) is 5.63. The van der Waals surface area contributed by atoms with Crippen LogP contribution in [0.1, 0.15) is 19.2 Å². The predicted octanol–water partition coefficient (Wildman–Crippen LogP) is 1.14. The van der Waals surface area contributed by atoms with Crippen LogP contribution in [0.5, 0.6) is 0 Å². The molecular formula is C9H18N4S. The van der Waals surface area contributed by atoms with Crippen molar-refractivity contribution in [3.8, 4) is 0 Å². The third-order valence-corrected chi connectivity index (χ3v) is 2.55. The first-order chi connectivity index (χ1) is 6.86. The van der Waals surface area contributed by atoms with Crippen LogP contribution in [0, 0.1) is 0 Å². The molecule has 0 aliphatic carbocycles. The lowest BCUT2D eigenvalue weighted by atomic mass is 10.5. The van der Waals surface area contributed by atoms with Crippen LogP contribution in [0.4, 0.5) is 0 Å². The summed E-state index contributed by atoms with van der Waals surface area (Å²) in [6, 6.07) is 0. The van der Waals surface area contributed by atoms with Crippen LogP contribution < -0.4 is 5.32 Å². The van der Waals surface area contributed by atoms with Crippen molar-refractivity contribution in [2.45, 2.75) is 26.4 Å². The maximum absolute atomic E-state index is 4.35. The third kappa shape index (κ3) is 4.11. The van der Waals surface area contributed by atoms with Gasteiger partial charge in [-0.1, -0.05) is 6.92 Å². The van der Waals surface area contributed by atoms with Crippen LogP contribution >= 0.6 is 11.8 Å².